The zero-order valence-corrected chi connectivity index (χ0v) is 19.0. The van der Waals surface area contributed by atoms with Gasteiger partial charge in [0.15, 0.2) is 5.78 Å². The Kier molecular flexibility index (Phi) is 4.76. The van der Waals surface area contributed by atoms with E-state index in [1.165, 1.54) is 69.4 Å². The molecule has 1 saturated carbocycles. The second-order valence-electron chi connectivity index (χ2n) is 10.4. The van der Waals surface area contributed by atoms with Crippen molar-refractivity contribution in [1.29, 1.82) is 0 Å². The van der Waals surface area contributed by atoms with Gasteiger partial charge in [-0.25, -0.2) is 0 Å². The van der Waals surface area contributed by atoms with Gasteiger partial charge in [-0.1, -0.05) is 62.8 Å². The number of ketones is 1. The van der Waals surface area contributed by atoms with Gasteiger partial charge in [0, 0.05) is 6.42 Å². The van der Waals surface area contributed by atoms with E-state index < -0.39 is 0 Å². The highest BCUT2D eigenvalue weighted by Crippen LogP contribution is 2.53. The van der Waals surface area contributed by atoms with Crippen LogP contribution in [0.4, 0.5) is 0 Å². The van der Waals surface area contributed by atoms with Crippen molar-refractivity contribution in [1.82, 2.24) is 0 Å². The lowest BCUT2D eigenvalue weighted by Crippen LogP contribution is -2.23. The number of carbonyl (C=O) groups is 1. The summed E-state index contributed by atoms with van der Waals surface area (Å²) in [5, 5.41) is 0. The molecule has 0 bridgehead atoms. The lowest BCUT2D eigenvalue weighted by Gasteiger charge is -2.37. The molecule has 3 unspecified atom stereocenters. The van der Waals surface area contributed by atoms with Gasteiger partial charge in [0.1, 0.15) is 0 Å². The van der Waals surface area contributed by atoms with Crippen molar-refractivity contribution in [3.8, 4) is 0 Å². The van der Waals surface area contributed by atoms with Gasteiger partial charge in [0.05, 0.1) is 0 Å². The summed E-state index contributed by atoms with van der Waals surface area (Å²) in [4.78, 5) is 13.6. The van der Waals surface area contributed by atoms with Crippen LogP contribution in [0, 0.1) is 23.7 Å². The summed E-state index contributed by atoms with van der Waals surface area (Å²) in [5.41, 5.74) is 12.2. The fourth-order valence-corrected chi connectivity index (χ4v) is 6.41. The molecule has 1 aromatic rings. The number of allylic oxidation sites excluding steroid dienone is 7. The molecule has 0 spiro atoms. The highest BCUT2D eigenvalue weighted by atomic mass is 16.1. The summed E-state index contributed by atoms with van der Waals surface area (Å²) in [6.45, 7) is 13.6. The zero-order valence-electron chi connectivity index (χ0n) is 19.0. The maximum absolute atomic E-state index is 13.6. The summed E-state index contributed by atoms with van der Waals surface area (Å²) in [6, 6.07) is 8.74. The maximum atomic E-state index is 13.6. The van der Waals surface area contributed by atoms with Crippen molar-refractivity contribution < 1.29 is 4.79 Å². The molecule has 1 heteroatoms. The Hall–Kier alpha value is -2.15. The first-order chi connectivity index (χ1) is 14.4. The predicted octanol–water partition coefficient (Wildman–Crippen LogP) is 7.56. The van der Waals surface area contributed by atoms with Gasteiger partial charge >= 0.3 is 0 Å². The minimum absolute atomic E-state index is 0.398. The number of hydrogen-bond donors (Lipinski definition) is 0. The molecular weight excluding hydrogens is 364 g/mol. The molecule has 4 aliphatic carbocycles. The lowest BCUT2D eigenvalue weighted by atomic mass is 9.67. The molecule has 0 heterocycles. The van der Waals surface area contributed by atoms with E-state index in [2.05, 4.69) is 58.5 Å². The van der Waals surface area contributed by atoms with Crippen LogP contribution in [-0.4, -0.2) is 5.78 Å². The molecule has 5 rings (SSSR count). The Morgan fingerprint density at radius 2 is 1.83 bits per heavy atom. The summed E-state index contributed by atoms with van der Waals surface area (Å²) < 4.78 is 0. The molecule has 0 aromatic heterocycles. The molecule has 0 aliphatic heterocycles. The van der Waals surface area contributed by atoms with Crippen LogP contribution < -0.4 is 0 Å². The fraction of sp³-hybridized carbons (Fsp3) is 0.483. The highest BCUT2D eigenvalue weighted by molar-refractivity contribution is 6.01. The van der Waals surface area contributed by atoms with E-state index >= 15 is 0 Å². The zero-order chi connectivity index (χ0) is 21.2. The predicted molar refractivity (Wildman–Crippen MR) is 126 cm³/mol. The molecule has 1 nitrogen and oxygen atoms in total. The average molecular weight is 399 g/mol. The van der Waals surface area contributed by atoms with Gasteiger partial charge in [-0.2, -0.15) is 0 Å². The summed E-state index contributed by atoms with van der Waals surface area (Å²) in [5.74, 6) is 2.65. The van der Waals surface area contributed by atoms with Crippen molar-refractivity contribution in [2.45, 2.75) is 66.2 Å². The number of hydrogen-bond acceptors (Lipinski definition) is 1. The summed E-state index contributed by atoms with van der Waals surface area (Å²) >= 11 is 0. The van der Waals surface area contributed by atoms with Crippen LogP contribution in [0.3, 0.4) is 0 Å². The van der Waals surface area contributed by atoms with E-state index in [-0.39, 0.29) is 0 Å². The Morgan fingerprint density at radius 3 is 2.57 bits per heavy atom. The molecule has 1 aromatic carbocycles. The minimum Gasteiger partial charge on any atom is -0.294 e. The molecule has 30 heavy (non-hydrogen) atoms. The molecule has 1 fully saturated rings. The van der Waals surface area contributed by atoms with Crippen LogP contribution in [0.2, 0.25) is 0 Å². The third kappa shape index (κ3) is 3.09. The molecule has 3 atom stereocenters. The van der Waals surface area contributed by atoms with E-state index in [1.54, 1.807) is 0 Å². The second kappa shape index (κ2) is 7.22. The van der Waals surface area contributed by atoms with E-state index in [9.17, 15) is 4.79 Å². The third-order valence-corrected chi connectivity index (χ3v) is 8.24. The van der Waals surface area contributed by atoms with E-state index in [1.807, 2.05) is 0 Å². The second-order valence-corrected chi connectivity index (χ2v) is 10.4. The summed E-state index contributed by atoms with van der Waals surface area (Å²) in [6.07, 6.45) is 6.21. The average Bonchev–Trinajstić information content (AvgIpc) is 3.49. The Morgan fingerprint density at radius 1 is 1.10 bits per heavy atom. The Balaban J connectivity index is 1.58. The van der Waals surface area contributed by atoms with Gasteiger partial charge in [-0.15, -0.1) is 0 Å². The van der Waals surface area contributed by atoms with Crippen molar-refractivity contribution in [2.75, 3.05) is 0 Å². The van der Waals surface area contributed by atoms with Crippen LogP contribution in [0.25, 0.3) is 11.1 Å². The maximum Gasteiger partial charge on any atom is 0.163 e. The normalized spacial score (nSPS) is 27.9. The van der Waals surface area contributed by atoms with E-state index in [4.69, 9.17) is 0 Å². The van der Waals surface area contributed by atoms with Crippen molar-refractivity contribution >= 4 is 16.9 Å². The standard InChI is InChI=1S/C29H34O/c1-16(2)23-14-27-22-9-7-6-8-21(22)18(4)12-26(27)24(19(23)5)15-28(30)29-17(3)10-11-20-13-25(20)29/h6-9,16-17,20,23H,4,10-15H2,1-3,5H3. The van der Waals surface area contributed by atoms with Gasteiger partial charge in [0.25, 0.3) is 0 Å². The van der Waals surface area contributed by atoms with Gasteiger partial charge in [0.2, 0.25) is 0 Å². The first kappa shape index (κ1) is 19.8. The van der Waals surface area contributed by atoms with Gasteiger partial charge in [-0.3, -0.25) is 4.79 Å². The molecule has 0 amide bonds. The van der Waals surface area contributed by atoms with Crippen LogP contribution >= 0.6 is 0 Å². The fourth-order valence-electron chi connectivity index (χ4n) is 6.41. The summed E-state index contributed by atoms with van der Waals surface area (Å²) in [7, 11) is 0. The lowest BCUT2D eigenvalue weighted by molar-refractivity contribution is -0.115. The van der Waals surface area contributed by atoms with Crippen LogP contribution in [0.1, 0.15) is 77.3 Å². The van der Waals surface area contributed by atoms with Crippen molar-refractivity contribution in [3.63, 3.8) is 0 Å². The topological polar surface area (TPSA) is 17.1 Å². The number of benzene rings is 1. The molecule has 0 N–H and O–H groups in total. The Bertz CT molecular complexity index is 1040. The molecule has 156 valence electrons. The van der Waals surface area contributed by atoms with Crippen LogP contribution in [0.15, 0.2) is 58.7 Å². The monoisotopic (exact) mass is 398 g/mol. The molecule has 0 radical (unpaired) electrons. The Labute approximate surface area is 181 Å². The molecule has 0 saturated heterocycles. The van der Waals surface area contributed by atoms with Crippen LogP contribution in [-0.2, 0) is 4.79 Å². The first-order valence-electron chi connectivity index (χ1n) is 11.8. The highest BCUT2D eigenvalue weighted by Gasteiger charge is 2.41. The number of carbonyl (C=O) groups excluding carboxylic acids is 1. The van der Waals surface area contributed by atoms with Crippen molar-refractivity contribution in [2.24, 2.45) is 23.7 Å². The first-order valence-corrected chi connectivity index (χ1v) is 11.8. The number of Topliss-reactive ketones (excluding diaryl/α,β-unsaturated/α-hetero) is 1. The SMILES string of the molecule is C=C1CC2=C(CC(C(C)C)C(C)=C2CC(=O)C2=C3CC3CCC2C)c2ccccc21. The molecule has 4 aliphatic rings. The molecular formula is C29H34O. The van der Waals surface area contributed by atoms with E-state index in [0.717, 1.165) is 18.8 Å². The van der Waals surface area contributed by atoms with E-state index in [0.29, 0.717) is 30.0 Å². The number of rotatable bonds is 4. The number of fused-ring (bicyclic) bond motifs is 3. The smallest absolute Gasteiger partial charge is 0.163 e. The van der Waals surface area contributed by atoms with Gasteiger partial charge in [-0.05, 0) is 102 Å². The largest absolute Gasteiger partial charge is 0.294 e. The van der Waals surface area contributed by atoms with Crippen LogP contribution in [0.5, 0.6) is 0 Å². The minimum atomic E-state index is 0.398. The van der Waals surface area contributed by atoms with Crippen molar-refractivity contribution in [3.05, 3.63) is 69.8 Å². The quantitative estimate of drug-likeness (QED) is 0.511. The third-order valence-electron chi connectivity index (χ3n) is 8.24. The van der Waals surface area contributed by atoms with Gasteiger partial charge < -0.3 is 0 Å².